The zero-order valence-corrected chi connectivity index (χ0v) is 18.7. The molecule has 3 N–H and O–H groups in total. The lowest BCUT2D eigenvalue weighted by Gasteiger charge is -2.44. The van der Waals surface area contributed by atoms with Gasteiger partial charge in [0.25, 0.3) is 5.91 Å². The van der Waals surface area contributed by atoms with E-state index in [-0.39, 0.29) is 18.0 Å². The summed E-state index contributed by atoms with van der Waals surface area (Å²) in [4.78, 5) is 28.4. The molecule has 166 valence electrons. The van der Waals surface area contributed by atoms with Crippen molar-refractivity contribution < 1.29 is 14.3 Å². The number of thiophene rings is 1. The number of rotatable bonds is 5. The maximum absolute atomic E-state index is 12.9. The Morgan fingerprint density at radius 3 is 2.53 bits per heavy atom. The predicted molar refractivity (Wildman–Crippen MR) is 128 cm³/mol. The van der Waals surface area contributed by atoms with E-state index in [9.17, 15) is 9.59 Å². The van der Waals surface area contributed by atoms with E-state index < -0.39 is 0 Å². The quantitative estimate of drug-likeness (QED) is 0.539. The number of piperidine rings is 3. The van der Waals surface area contributed by atoms with Crippen molar-refractivity contribution in [3.05, 3.63) is 53.4 Å². The molecule has 8 heteroatoms. The maximum atomic E-state index is 12.9. The zero-order valence-electron chi connectivity index (χ0n) is 17.9. The van der Waals surface area contributed by atoms with Crippen LogP contribution in [0.1, 0.15) is 22.5 Å². The lowest BCUT2D eigenvalue weighted by Crippen LogP contribution is -2.57. The van der Waals surface area contributed by atoms with Crippen molar-refractivity contribution in [2.45, 2.75) is 18.9 Å². The molecule has 2 aromatic carbocycles. The summed E-state index contributed by atoms with van der Waals surface area (Å²) in [6.07, 6.45) is 2.34. The molecule has 4 heterocycles. The Hall–Kier alpha value is -3.10. The van der Waals surface area contributed by atoms with E-state index in [1.165, 1.54) is 24.2 Å². The highest BCUT2D eigenvalue weighted by molar-refractivity contribution is 7.20. The van der Waals surface area contributed by atoms with E-state index in [0.29, 0.717) is 27.9 Å². The van der Waals surface area contributed by atoms with Gasteiger partial charge in [-0.2, -0.15) is 0 Å². The van der Waals surface area contributed by atoms with Crippen molar-refractivity contribution in [2.75, 3.05) is 37.4 Å². The van der Waals surface area contributed by atoms with Crippen LogP contribution in [-0.2, 0) is 0 Å². The first-order chi connectivity index (χ1) is 15.6. The van der Waals surface area contributed by atoms with Gasteiger partial charge in [-0.25, -0.2) is 4.79 Å². The van der Waals surface area contributed by atoms with Crippen LogP contribution in [0, 0.1) is 5.92 Å². The van der Waals surface area contributed by atoms with Crippen molar-refractivity contribution in [1.29, 1.82) is 0 Å². The summed E-state index contributed by atoms with van der Waals surface area (Å²) in [5.41, 5.74) is 1.31. The number of nitrogens with one attached hydrogen (secondary N) is 3. The molecule has 2 bridgehead atoms. The third kappa shape index (κ3) is 4.42. The average molecular weight is 451 g/mol. The first kappa shape index (κ1) is 20.8. The van der Waals surface area contributed by atoms with Crippen LogP contribution in [-0.4, -0.2) is 49.6 Å². The van der Waals surface area contributed by atoms with Gasteiger partial charge in [0.2, 0.25) is 0 Å². The minimum absolute atomic E-state index is 0.00442. The fraction of sp³-hybridized carbons (Fsp3) is 0.333. The Morgan fingerprint density at radius 1 is 1.03 bits per heavy atom. The molecule has 3 fully saturated rings. The highest BCUT2D eigenvalue weighted by atomic mass is 32.1. The van der Waals surface area contributed by atoms with E-state index in [0.717, 1.165) is 29.7 Å². The summed E-state index contributed by atoms with van der Waals surface area (Å²) < 4.78 is 6.14. The summed E-state index contributed by atoms with van der Waals surface area (Å²) in [5.74, 6) is 1.26. The normalized spacial score (nSPS) is 21.8. The Labute approximate surface area is 190 Å². The standard InChI is InChI=1S/C24H26N4O3S/c1-31-19-4-2-3-17(12-19)25-24(30)26-18-6-5-16-11-22(32-21(16)13-18)23(29)27-20-14-28-9-7-15(20)8-10-28/h2-6,11-13,15,20H,7-10,14H2,1H3,(H,27,29)(H2,25,26,30)/t20-/m0/s1. The Morgan fingerprint density at radius 2 is 1.81 bits per heavy atom. The predicted octanol–water partition coefficient (Wildman–Crippen LogP) is 4.38. The van der Waals surface area contributed by atoms with Crippen molar-refractivity contribution >= 4 is 44.7 Å². The minimum atomic E-state index is -0.338. The van der Waals surface area contributed by atoms with Gasteiger partial charge in [-0.15, -0.1) is 11.3 Å². The molecule has 1 atom stereocenters. The number of fused-ring (bicyclic) bond motifs is 4. The number of carbonyl (C=O) groups is 2. The number of ether oxygens (including phenoxy) is 1. The van der Waals surface area contributed by atoms with Crippen LogP contribution in [0.15, 0.2) is 48.5 Å². The van der Waals surface area contributed by atoms with E-state index >= 15 is 0 Å². The fourth-order valence-electron chi connectivity index (χ4n) is 4.58. The lowest BCUT2D eigenvalue weighted by molar-refractivity contribution is 0.0622. The molecular weight excluding hydrogens is 424 g/mol. The van der Waals surface area contributed by atoms with Gasteiger partial charge in [-0.05, 0) is 67.6 Å². The van der Waals surface area contributed by atoms with Crippen LogP contribution in [0.25, 0.3) is 10.1 Å². The van der Waals surface area contributed by atoms with Crippen molar-refractivity contribution in [3.8, 4) is 5.75 Å². The number of hydrogen-bond acceptors (Lipinski definition) is 5. The Bertz CT molecular complexity index is 1150. The molecule has 0 saturated carbocycles. The van der Waals surface area contributed by atoms with Gasteiger partial charge in [0.15, 0.2) is 0 Å². The first-order valence-corrected chi connectivity index (χ1v) is 11.7. The van der Waals surface area contributed by atoms with Gasteiger partial charge in [-0.3, -0.25) is 4.79 Å². The van der Waals surface area contributed by atoms with E-state index in [4.69, 9.17) is 4.74 Å². The topological polar surface area (TPSA) is 82.7 Å². The second-order valence-electron chi connectivity index (χ2n) is 8.39. The number of benzene rings is 2. The number of nitrogens with zero attached hydrogens (tertiary/aromatic N) is 1. The second kappa shape index (κ2) is 8.80. The van der Waals surface area contributed by atoms with Gasteiger partial charge >= 0.3 is 6.03 Å². The molecule has 0 radical (unpaired) electrons. The molecule has 0 spiro atoms. The third-order valence-corrected chi connectivity index (χ3v) is 7.40. The van der Waals surface area contributed by atoms with E-state index in [2.05, 4.69) is 20.9 Å². The highest BCUT2D eigenvalue weighted by Gasteiger charge is 2.35. The summed E-state index contributed by atoms with van der Waals surface area (Å²) in [7, 11) is 1.58. The molecular formula is C24H26N4O3S. The largest absolute Gasteiger partial charge is 0.497 e. The van der Waals surface area contributed by atoms with Gasteiger partial charge in [0.1, 0.15) is 5.75 Å². The molecule has 3 aliphatic heterocycles. The van der Waals surface area contributed by atoms with Crippen LogP contribution >= 0.6 is 11.3 Å². The fourth-order valence-corrected chi connectivity index (χ4v) is 5.59. The number of methoxy groups -OCH3 is 1. The molecule has 3 amide bonds. The lowest BCUT2D eigenvalue weighted by atomic mass is 9.84. The smallest absolute Gasteiger partial charge is 0.323 e. The van der Waals surface area contributed by atoms with Crippen LogP contribution in [0.4, 0.5) is 16.2 Å². The Balaban J connectivity index is 1.24. The van der Waals surface area contributed by atoms with Crippen LogP contribution in [0.2, 0.25) is 0 Å². The molecule has 0 unspecified atom stereocenters. The highest BCUT2D eigenvalue weighted by Crippen LogP contribution is 2.31. The van der Waals surface area contributed by atoms with E-state index in [1.807, 2.05) is 36.4 Å². The van der Waals surface area contributed by atoms with Crippen LogP contribution in [0.3, 0.4) is 0 Å². The number of amides is 3. The van der Waals surface area contributed by atoms with Gasteiger partial charge in [0.05, 0.1) is 12.0 Å². The van der Waals surface area contributed by atoms with Gasteiger partial charge < -0.3 is 25.6 Å². The first-order valence-electron chi connectivity index (χ1n) is 10.9. The van der Waals surface area contributed by atoms with Crippen LogP contribution in [0.5, 0.6) is 5.75 Å². The Kier molecular flexibility index (Phi) is 5.71. The zero-order chi connectivity index (χ0) is 22.1. The molecule has 0 aliphatic carbocycles. The van der Waals surface area contributed by atoms with Crippen molar-refractivity contribution in [2.24, 2.45) is 5.92 Å². The molecule has 3 saturated heterocycles. The maximum Gasteiger partial charge on any atom is 0.323 e. The third-order valence-electron chi connectivity index (χ3n) is 6.30. The van der Waals surface area contributed by atoms with Crippen LogP contribution < -0.4 is 20.7 Å². The summed E-state index contributed by atoms with van der Waals surface area (Å²) in [6.45, 7) is 3.26. The van der Waals surface area contributed by atoms with Gasteiger partial charge in [-0.1, -0.05) is 12.1 Å². The number of urea groups is 1. The van der Waals surface area contributed by atoms with Gasteiger partial charge in [0, 0.05) is 34.7 Å². The molecule has 32 heavy (non-hydrogen) atoms. The second-order valence-corrected chi connectivity index (χ2v) is 9.48. The average Bonchev–Trinajstić information content (AvgIpc) is 3.23. The molecule has 7 nitrogen and oxygen atoms in total. The monoisotopic (exact) mass is 450 g/mol. The van der Waals surface area contributed by atoms with E-state index in [1.54, 1.807) is 19.2 Å². The number of carbonyl (C=O) groups excluding carboxylic acids is 2. The molecule has 3 aromatic rings. The molecule has 6 rings (SSSR count). The summed E-state index contributed by atoms with van der Waals surface area (Å²) in [5, 5.41) is 9.90. The minimum Gasteiger partial charge on any atom is -0.497 e. The number of hydrogen-bond donors (Lipinski definition) is 3. The number of anilines is 2. The summed E-state index contributed by atoms with van der Waals surface area (Å²) >= 11 is 1.45. The van der Waals surface area contributed by atoms with Crippen molar-refractivity contribution in [3.63, 3.8) is 0 Å². The van der Waals surface area contributed by atoms with Crippen molar-refractivity contribution in [1.82, 2.24) is 10.2 Å². The molecule has 3 aliphatic rings. The molecule has 1 aromatic heterocycles. The SMILES string of the molecule is COc1cccc(NC(=O)Nc2ccc3cc(C(=O)N[C@H]4CN5CCC4CC5)sc3c2)c1. The summed E-state index contributed by atoms with van der Waals surface area (Å²) in [6, 6.07) is 14.7.